The maximum atomic E-state index is 13.4. The highest BCUT2D eigenvalue weighted by Gasteiger charge is 2.22. The summed E-state index contributed by atoms with van der Waals surface area (Å²) in [5.41, 5.74) is 1.85. The van der Waals surface area contributed by atoms with Crippen LogP contribution in [0.4, 0.5) is 0 Å². The molecule has 1 aliphatic heterocycles. The van der Waals surface area contributed by atoms with Gasteiger partial charge in [-0.25, -0.2) is 19.2 Å². The molecule has 1 saturated heterocycles. The molecular weight excluding hydrogens is 841 g/mol. The van der Waals surface area contributed by atoms with Gasteiger partial charge < -0.3 is 37.9 Å². The molecule has 0 aromatic heterocycles. The van der Waals surface area contributed by atoms with Gasteiger partial charge in [0.25, 0.3) is 0 Å². The van der Waals surface area contributed by atoms with E-state index >= 15 is 0 Å². The molecule has 0 aliphatic carbocycles. The number of carbonyl (C=O) groups is 4. The van der Waals surface area contributed by atoms with Crippen LogP contribution < -0.4 is 23.7 Å². The first-order chi connectivity index (χ1) is 32.2. The SMILES string of the molecule is C=CC(=O)OCCCCCCOc1ccc2cc(C(=O)Oc3ccc(OC(=O)c4ccc5cc(OC(=O)c6ccc(OCCCCOC[C@@H]7CO7)cc6)ccc5c4)c(CCC)c3)ccc2c1. The lowest BCUT2D eigenvalue weighted by Gasteiger charge is -2.13. The number of hydrogen-bond acceptors (Lipinski definition) is 12. The van der Waals surface area contributed by atoms with Crippen LogP contribution in [-0.4, -0.2) is 69.6 Å². The molecule has 6 aromatic rings. The van der Waals surface area contributed by atoms with Crippen LogP contribution in [0.2, 0.25) is 0 Å². The molecule has 7 rings (SSSR count). The number of aryl methyl sites for hydroxylation is 1. The zero-order valence-electron chi connectivity index (χ0n) is 37.1. The van der Waals surface area contributed by atoms with Gasteiger partial charge in [-0.15, -0.1) is 0 Å². The van der Waals surface area contributed by atoms with E-state index in [4.69, 9.17) is 37.9 Å². The van der Waals surface area contributed by atoms with Crippen molar-refractivity contribution in [3.05, 3.63) is 150 Å². The van der Waals surface area contributed by atoms with Gasteiger partial charge in [0.2, 0.25) is 0 Å². The summed E-state index contributed by atoms with van der Waals surface area (Å²) in [5, 5.41) is 3.33. The fourth-order valence-corrected chi connectivity index (χ4v) is 7.07. The second-order valence-electron chi connectivity index (χ2n) is 15.9. The average Bonchev–Trinajstić information content (AvgIpc) is 4.17. The van der Waals surface area contributed by atoms with Gasteiger partial charge in [-0.1, -0.05) is 44.2 Å². The van der Waals surface area contributed by atoms with E-state index in [0.717, 1.165) is 90.5 Å². The monoisotopic (exact) mass is 894 g/mol. The van der Waals surface area contributed by atoms with Gasteiger partial charge in [0.1, 0.15) is 34.9 Å². The van der Waals surface area contributed by atoms with E-state index < -0.39 is 23.9 Å². The largest absolute Gasteiger partial charge is 0.494 e. The first-order valence-electron chi connectivity index (χ1n) is 22.5. The third-order valence-electron chi connectivity index (χ3n) is 10.7. The molecule has 0 bridgehead atoms. The second-order valence-corrected chi connectivity index (χ2v) is 15.9. The van der Waals surface area contributed by atoms with Crippen LogP contribution in [0, 0.1) is 0 Å². The third kappa shape index (κ3) is 14.0. The van der Waals surface area contributed by atoms with Crippen molar-refractivity contribution < 1.29 is 57.1 Å². The molecule has 0 radical (unpaired) electrons. The normalized spacial score (nSPS) is 12.9. The van der Waals surface area contributed by atoms with Gasteiger partial charge in [-0.3, -0.25) is 0 Å². The smallest absolute Gasteiger partial charge is 0.343 e. The molecule has 342 valence electrons. The van der Waals surface area contributed by atoms with Crippen molar-refractivity contribution in [3.8, 4) is 28.7 Å². The molecule has 0 spiro atoms. The van der Waals surface area contributed by atoms with Crippen LogP contribution in [0.3, 0.4) is 0 Å². The number of fused-ring (bicyclic) bond motifs is 2. The molecule has 12 heteroatoms. The van der Waals surface area contributed by atoms with E-state index in [2.05, 4.69) is 6.58 Å². The summed E-state index contributed by atoms with van der Waals surface area (Å²) in [6.45, 7) is 9.03. The van der Waals surface area contributed by atoms with E-state index in [1.807, 2.05) is 31.2 Å². The molecule has 1 fully saturated rings. The van der Waals surface area contributed by atoms with E-state index in [1.165, 1.54) is 0 Å². The van der Waals surface area contributed by atoms with Crippen LogP contribution in [0.25, 0.3) is 21.5 Å². The van der Waals surface area contributed by atoms with Crippen LogP contribution in [0.15, 0.2) is 128 Å². The van der Waals surface area contributed by atoms with Crippen LogP contribution >= 0.6 is 0 Å². The highest BCUT2D eigenvalue weighted by atomic mass is 16.6. The second kappa shape index (κ2) is 23.8. The van der Waals surface area contributed by atoms with Crippen molar-refractivity contribution in [2.75, 3.05) is 39.6 Å². The van der Waals surface area contributed by atoms with Crippen molar-refractivity contribution in [2.24, 2.45) is 0 Å². The van der Waals surface area contributed by atoms with Crippen molar-refractivity contribution >= 4 is 45.4 Å². The van der Waals surface area contributed by atoms with Crippen LogP contribution in [-0.2, 0) is 25.4 Å². The first kappa shape index (κ1) is 47.0. The number of esters is 4. The standard InChI is InChI=1S/C54H54O12/c1-3-11-42-34-48(65-53(57)43-14-12-40-32-46(22-18-38(40)30-43)61-27-7-5-6-8-29-62-51(55)4-2)24-25-50(42)66-54(58)44-15-13-41-33-47(23-19-39(41)31-44)64-52(56)37-16-20-45(21-17-37)60-28-10-9-26-59-35-49-36-63-49/h4,12-25,30-34,49H,2-3,5-11,26-29,35-36H2,1H3/t49-/m1/s1. The van der Waals surface area contributed by atoms with E-state index in [1.54, 1.807) is 91.0 Å². The van der Waals surface area contributed by atoms with Gasteiger partial charge in [0.15, 0.2) is 0 Å². The molecule has 0 unspecified atom stereocenters. The number of carbonyl (C=O) groups excluding carboxylic acids is 4. The lowest BCUT2D eigenvalue weighted by molar-refractivity contribution is -0.137. The van der Waals surface area contributed by atoms with E-state index in [0.29, 0.717) is 79.1 Å². The molecule has 0 amide bonds. The minimum absolute atomic E-state index is 0.271. The van der Waals surface area contributed by atoms with Crippen molar-refractivity contribution in [3.63, 3.8) is 0 Å². The fraction of sp³-hybridized carbons (Fsp3) is 0.296. The number of rotatable bonds is 25. The summed E-state index contributed by atoms with van der Waals surface area (Å²) in [5.74, 6) is 0.532. The maximum absolute atomic E-state index is 13.4. The Bertz CT molecular complexity index is 2630. The predicted molar refractivity (Wildman–Crippen MR) is 250 cm³/mol. The van der Waals surface area contributed by atoms with Crippen molar-refractivity contribution in [1.29, 1.82) is 0 Å². The Kier molecular flexibility index (Phi) is 16.9. The maximum Gasteiger partial charge on any atom is 0.343 e. The Morgan fingerprint density at radius 1 is 0.561 bits per heavy atom. The van der Waals surface area contributed by atoms with E-state index in [9.17, 15) is 19.2 Å². The lowest BCUT2D eigenvalue weighted by atomic mass is 10.1. The minimum atomic E-state index is -0.541. The zero-order chi connectivity index (χ0) is 46.1. The molecule has 66 heavy (non-hydrogen) atoms. The Morgan fingerprint density at radius 2 is 1.06 bits per heavy atom. The summed E-state index contributed by atoms with van der Waals surface area (Å²) in [6.07, 6.45) is 8.11. The van der Waals surface area contributed by atoms with Gasteiger partial charge in [0.05, 0.1) is 49.7 Å². The van der Waals surface area contributed by atoms with Gasteiger partial charge in [-0.2, -0.15) is 0 Å². The molecule has 12 nitrogen and oxygen atoms in total. The quantitative estimate of drug-likeness (QED) is 0.0177. The molecule has 0 saturated carbocycles. The molecule has 0 N–H and O–H groups in total. The van der Waals surface area contributed by atoms with Crippen LogP contribution in [0.1, 0.15) is 88.5 Å². The number of benzene rings is 6. The van der Waals surface area contributed by atoms with Crippen molar-refractivity contribution in [1.82, 2.24) is 0 Å². The van der Waals surface area contributed by atoms with E-state index in [-0.39, 0.29) is 6.10 Å². The Morgan fingerprint density at radius 3 is 1.73 bits per heavy atom. The Hall–Kier alpha value is -7.02. The highest BCUT2D eigenvalue weighted by Crippen LogP contribution is 2.30. The molecular formula is C54H54O12. The summed E-state index contributed by atoms with van der Waals surface area (Å²) >= 11 is 0. The highest BCUT2D eigenvalue weighted by molar-refractivity contribution is 5.98. The summed E-state index contributed by atoms with van der Waals surface area (Å²) in [6, 6.07) is 33.3. The minimum Gasteiger partial charge on any atom is -0.494 e. The predicted octanol–water partition coefficient (Wildman–Crippen LogP) is 10.8. The van der Waals surface area contributed by atoms with Crippen molar-refractivity contribution in [2.45, 2.75) is 64.4 Å². The number of epoxide rings is 1. The first-order valence-corrected chi connectivity index (χ1v) is 22.5. The molecule has 6 aromatic carbocycles. The Labute approximate surface area is 384 Å². The van der Waals surface area contributed by atoms with Gasteiger partial charge in [0, 0.05) is 12.7 Å². The fourth-order valence-electron chi connectivity index (χ4n) is 7.07. The molecule has 1 aliphatic rings. The van der Waals surface area contributed by atoms with Crippen LogP contribution in [0.5, 0.6) is 28.7 Å². The van der Waals surface area contributed by atoms with Gasteiger partial charge >= 0.3 is 23.9 Å². The number of ether oxygens (including phenoxy) is 8. The summed E-state index contributed by atoms with van der Waals surface area (Å²) in [4.78, 5) is 50.8. The lowest BCUT2D eigenvalue weighted by Crippen LogP contribution is -2.11. The molecule has 1 atom stereocenters. The molecule has 1 heterocycles. The average molecular weight is 895 g/mol. The summed E-state index contributed by atoms with van der Waals surface area (Å²) in [7, 11) is 0. The summed E-state index contributed by atoms with van der Waals surface area (Å²) < 4.78 is 44.8. The third-order valence-corrected chi connectivity index (χ3v) is 10.7. The zero-order valence-corrected chi connectivity index (χ0v) is 37.1. The van der Waals surface area contributed by atoms with Gasteiger partial charge in [-0.05, 0) is 163 Å². The number of unbranched alkanes of at least 4 members (excludes halogenated alkanes) is 4. The topological polar surface area (TPSA) is 145 Å². The number of hydrogen-bond donors (Lipinski definition) is 0. The Balaban J connectivity index is 0.878.